The SMILES string of the molecule is O=C1S/C(=C\c2cn(Cc3ccc(Br)cc3)c3ccccc23)C(=O)N1CCOc1ccc(Cl)cc1. The Hall–Kier alpha value is -3.00. The first-order chi connectivity index (χ1) is 17.0. The third-order valence-electron chi connectivity index (χ3n) is 5.64. The molecular formula is C27H20BrClN2O3S. The lowest BCUT2D eigenvalue weighted by Crippen LogP contribution is -2.32. The number of hydrogen-bond acceptors (Lipinski definition) is 4. The molecule has 0 atom stereocenters. The number of carbonyl (C=O) groups is 2. The molecule has 1 aromatic heterocycles. The minimum Gasteiger partial charge on any atom is -0.492 e. The summed E-state index contributed by atoms with van der Waals surface area (Å²) < 4.78 is 8.86. The summed E-state index contributed by atoms with van der Waals surface area (Å²) in [6.07, 6.45) is 3.84. The van der Waals surface area contributed by atoms with E-state index >= 15 is 0 Å². The van der Waals surface area contributed by atoms with Gasteiger partial charge in [-0.15, -0.1) is 0 Å². The number of nitrogens with zero attached hydrogens (tertiary/aromatic N) is 2. The van der Waals surface area contributed by atoms with E-state index in [-0.39, 0.29) is 24.3 Å². The first kappa shape index (κ1) is 23.7. The summed E-state index contributed by atoms with van der Waals surface area (Å²) >= 11 is 10.3. The van der Waals surface area contributed by atoms with Crippen molar-refractivity contribution < 1.29 is 14.3 Å². The van der Waals surface area contributed by atoms with Crippen LogP contribution in [0, 0.1) is 0 Å². The lowest BCUT2D eigenvalue weighted by atomic mass is 10.1. The summed E-state index contributed by atoms with van der Waals surface area (Å²) in [5, 5.41) is 1.36. The summed E-state index contributed by atoms with van der Waals surface area (Å²) in [6, 6.07) is 23.2. The monoisotopic (exact) mass is 566 g/mol. The van der Waals surface area contributed by atoms with Crippen LogP contribution in [-0.2, 0) is 11.3 Å². The fraction of sp³-hybridized carbons (Fsp3) is 0.111. The van der Waals surface area contributed by atoms with E-state index in [2.05, 4.69) is 38.7 Å². The van der Waals surface area contributed by atoms with Crippen LogP contribution in [0.3, 0.4) is 0 Å². The summed E-state index contributed by atoms with van der Waals surface area (Å²) in [6.45, 7) is 1.08. The highest BCUT2D eigenvalue weighted by Gasteiger charge is 2.35. The van der Waals surface area contributed by atoms with Crippen LogP contribution in [-0.4, -0.2) is 33.8 Å². The van der Waals surface area contributed by atoms with E-state index in [9.17, 15) is 9.59 Å². The smallest absolute Gasteiger partial charge is 0.293 e. The molecule has 5 nitrogen and oxygen atoms in total. The van der Waals surface area contributed by atoms with Gasteiger partial charge < -0.3 is 9.30 Å². The van der Waals surface area contributed by atoms with Crippen LogP contribution in [0.25, 0.3) is 17.0 Å². The molecule has 0 N–H and O–H groups in total. The molecule has 3 aromatic carbocycles. The molecule has 176 valence electrons. The van der Waals surface area contributed by atoms with Crippen LogP contribution in [0.2, 0.25) is 5.02 Å². The first-order valence-corrected chi connectivity index (χ1v) is 12.9. The number of halogens is 2. The molecule has 0 unspecified atom stereocenters. The van der Waals surface area contributed by atoms with Gasteiger partial charge in [0.25, 0.3) is 11.1 Å². The van der Waals surface area contributed by atoms with Gasteiger partial charge in [0.05, 0.1) is 11.4 Å². The van der Waals surface area contributed by atoms with Crippen molar-refractivity contribution in [2.75, 3.05) is 13.2 Å². The number of carbonyl (C=O) groups excluding carboxylic acids is 2. The molecular weight excluding hydrogens is 548 g/mol. The topological polar surface area (TPSA) is 51.5 Å². The molecule has 2 amide bonds. The first-order valence-electron chi connectivity index (χ1n) is 10.9. The fourth-order valence-corrected chi connectivity index (χ4v) is 5.17. The number of amides is 2. The van der Waals surface area contributed by atoms with Gasteiger partial charge >= 0.3 is 0 Å². The van der Waals surface area contributed by atoms with Crippen molar-refractivity contribution in [3.05, 3.63) is 105 Å². The van der Waals surface area contributed by atoms with E-state index in [1.54, 1.807) is 24.3 Å². The van der Waals surface area contributed by atoms with Crippen LogP contribution in [0.4, 0.5) is 4.79 Å². The van der Waals surface area contributed by atoms with Gasteiger partial charge in [0, 0.05) is 38.7 Å². The largest absolute Gasteiger partial charge is 0.492 e. The zero-order valence-corrected chi connectivity index (χ0v) is 21.6. The third-order valence-corrected chi connectivity index (χ3v) is 7.33. The molecule has 5 rings (SSSR count). The highest BCUT2D eigenvalue weighted by Crippen LogP contribution is 2.34. The molecule has 1 aliphatic rings. The second kappa shape index (κ2) is 10.3. The second-order valence-electron chi connectivity index (χ2n) is 7.99. The number of rotatable bonds is 7. The fourth-order valence-electron chi connectivity index (χ4n) is 3.93. The minimum absolute atomic E-state index is 0.177. The van der Waals surface area contributed by atoms with Crippen molar-refractivity contribution >= 4 is 67.4 Å². The average Bonchev–Trinajstić information content (AvgIpc) is 3.33. The Morgan fingerprint density at radius 3 is 2.49 bits per heavy atom. The molecule has 1 fully saturated rings. The normalized spacial score (nSPS) is 14.9. The predicted molar refractivity (Wildman–Crippen MR) is 145 cm³/mol. The zero-order valence-electron chi connectivity index (χ0n) is 18.5. The van der Waals surface area contributed by atoms with E-state index in [0.717, 1.165) is 32.7 Å². The van der Waals surface area contributed by atoms with Crippen molar-refractivity contribution in [3.63, 3.8) is 0 Å². The molecule has 0 spiro atoms. The number of imide groups is 1. The van der Waals surface area contributed by atoms with Crippen LogP contribution in [0.1, 0.15) is 11.1 Å². The van der Waals surface area contributed by atoms with Gasteiger partial charge in [-0.1, -0.05) is 57.9 Å². The van der Waals surface area contributed by atoms with Crippen molar-refractivity contribution in [3.8, 4) is 5.75 Å². The zero-order chi connectivity index (χ0) is 24.4. The molecule has 2 heterocycles. The Labute approximate surface area is 220 Å². The molecule has 8 heteroatoms. The standard InChI is InChI=1S/C27H20BrClN2O3S/c28-20-7-5-18(6-8-20)16-30-17-19(23-3-1-2-4-24(23)30)15-25-26(32)31(27(33)35-25)13-14-34-22-11-9-21(29)10-12-22/h1-12,15,17H,13-14,16H2/b25-15-. The maximum absolute atomic E-state index is 13.0. The number of benzene rings is 3. The van der Waals surface area contributed by atoms with E-state index in [4.69, 9.17) is 16.3 Å². The highest BCUT2D eigenvalue weighted by molar-refractivity contribution is 9.10. The van der Waals surface area contributed by atoms with E-state index in [0.29, 0.717) is 22.2 Å². The maximum atomic E-state index is 13.0. The number of ether oxygens (including phenoxy) is 1. The molecule has 4 aromatic rings. The molecule has 0 radical (unpaired) electrons. The maximum Gasteiger partial charge on any atom is 0.293 e. The number of thioether (sulfide) groups is 1. The summed E-state index contributed by atoms with van der Waals surface area (Å²) in [7, 11) is 0. The van der Waals surface area contributed by atoms with Crippen molar-refractivity contribution in [2.24, 2.45) is 0 Å². The Kier molecular flexibility index (Phi) is 7.00. The van der Waals surface area contributed by atoms with Crippen molar-refractivity contribution in [1.82, 2.24) is 9.47 Å². The lowest BCUT2D eigenvalue weighted by Gasteiger charge is -2.13. The molecule has 0 aliphatic carbocycles. The third kappa shape index (κ3) is 5.32. The molecule has 1 saturated heterocycles. The molecule has 0 bridgehead atoms. The Morgan fingerprint density at radius 2 is 1.71 bits per heavy atom. The predicted octanol–water partition coefficient (Wildman–Crippen LogP) is 7.22. The van der Waals surface area contributed by atoms with Gasteiger partial charge in [-0.05, 0) is 65.9 Å². The van der Waals surface area contributed by atoms with Gasteiger partial charge in [0.15, 0.2) is 0 Å². The van der Waals surface area contributed by atoms with E-state index < -0.39 is 0 Å². The Morgan fingerprint density at radius 1 is 0.971 bits per heavy atom. The molecule has 35 heavy (non-hydrogen) atoms. The van der Waals surface area contributed by atoms with E-state index in [1.807, 2.05) is 42.6 Å². The highest BCUT2D eigenvalue weighted by atomic mass is 79.9. The summed E-state index contributed by atoms with van der Waals surface area (Å²) in [5.41, 5.74) is 3.14. The van der Waals surface area contributed by atoms with Gasteiger partial charge in [-0.25, -0.2) is 0 Å². The summed E-state index contributed by atoms with van der Waals surface area (Å²) in [5.74, 6) is 0.333. The second-order valence-corrected chi connectivity index (χ2v) is 10.3. The number of fused-ring (bicyclic) bond motifs is 1. The van der Waals surface area contributed by atoms with Crippen molar-refractivity contribution in [1.29, 1.82) is 0 Å². The van der Waals surface area contributed by atoms with Gasteiger partial charge in [0.1, 0.15) is 12.4 Å². The van der Waals surface area contributed by atoms with Gasteiger partial charge in [0.2, 0.25) is 0 Å². The lowest BCUT2D eigenvalue weighted by molar-refractivity contribution is -0.123. The summed E-state index contributed by atoms with van der Waals surface area (Å²) in [4.78, 5) is 27.2. The van der Waals surface area contributed by atoms with Gasteiger partial charge in [-0.2, -0.15) is 0 Å². The van der Waals surface area contributed by atoms with Crippen molar-refractivity contribution in [2.45, 2.75) is 6.54 Å². The van der Waals surface area contributed by atoms with E-state index in [1.165, 1.54) is 10.5 Å². The van der Waals surface area contributed by atoms with Gasteiger partial charge in [-0.3, -0.25) is 14.5 Å². The van der Waals surface area contributed by atoms with Crippen LogP contribution >= 0.6 is 39.3 Å². The Bertz CT molecular complexity index is 1430. The van der Waals surface area contributed by atoms with Crippen LogP contribution in [0.15, 0.2) is 88.4 Å². The molecule has 0 saturated carbocycles. The van der Waals surface area contributed by atoms with Crippen LogP contribution < -0.4 is 4.74 Å². The van der Waals surface area contributed by atoms with Crippen LogP contribution in [0.5, 0.6) is 5.75 Å². The average molecular weight is 568 g/mol. The quantitative estimate of drug-likeness (QED) is 0.221. The minimum atomic E-state index is -0.301. The Balaban J connectivity index is 1.34. The number of aromatic nitrogens is 1. The number of para-hydroxylation sites is 1. The number of hydrogen-bond donors (Lipinski definition) is 0. The molecule has 1 aliphatic heterocycles.